The molecule has 2 atom stereocenters. The van der Waals surface area contributed by atoms with Crippen LogP contribution in [-0.4, -0.2) is 31.6 Å². The number of rotatable bonds is 3. The molecular formula is C12H16ClNOS. The van der Waals surface area contributed by atoms with E-state index in [2.05, 4.69) is 11.4 Å². The highest BCUT2D eigenvalue weighted by atomic mass is 35.5. The molecule has 0 radical (unpaired) electrons. The van der Waals surface area contributed by atoms with Crippen molar-refractivity contribution in [2.24, 2.45) is 0 Å². The van der Waals surface area contributed by atoms with Gasteiger partial charge in [0.2, 0.25) is 0 Å². The molecule has 1 fully saturated rings. The summed E-state index contributed by atoms with van der Waals surface area (Å²) in [4.78, 5) is 1.21. The van der Waals surface area contributed by atoms with Gasteiger partial charge in [-0.2, -0.15) is 0 Å². The zero-order chi connectivity index (χ0) is 11.4. The third-order valence-corrected chi connectivity index (χ3v) is 4.29. The molecular weight excluding hydrogens is 242 g/mol. The Morgan fingerprint density at radius 3 is 3.12 bits per heavy atom. The molecule has 16 heavy (non-hydrogen) atoms. The molecule has 1 aliphatic heterocycles. The fraction of sp³-hybridized carbons (Fsp3) is 0.500. The van der Waals surface area contributed by atoms with Gasteiger partial charge in [0.25, 0.3) is 0 Å². The van der Waals surface area contributed by atoms with E-state index in [1.807, 2.05) is 37.0 Å². The quantitative estimate of drug-likeness (QED) is 0.900. The molecule has 2 rings (SSSR count). The Kier molecular flexibility index (Phi) is 4.53. The third kappa shape index (κ3) is 3.14. The maximum Gasteiger partial charge on any atom is 0.0603 e. The van der Waals surface area contributed by atoms with Gasteiger partial charge in [-0.3, -0.25) is 0 Å². The van der Waals surface area contributed by atoms with Crippen LogP contribution in [-0.2, 0) is 4.74 Å². The number of thioether (sulfide) groups is 1. The van der Waals surface area contributed by atoms with Gasteiger partial charge in [0.05, 0.1) is 6.61 Å². The van der Waals surface area contributed by atoms with Crippen LogP contribution in [0.4, 0.5) is 0 Å². The number of nitrogens with one attached hydrogen (secondary N) is 1. The molecule has 0 spiro atoms. The van der Waals surface area contributed by atoms with Gasteiger partial charge in [-0.1, -0.05) is 17.7 Å². The number of hydrogen-bond donors (Lipinski definition) is 1. The van der Waals surface area contributed by atoms with Crippen LogP contribution in [0.25, 0.3) is 0 Å². The predicted octanol–water partition coefficient (Wildman–Crippen LogP) is 2.81. The second-order valence-corrected chi connectivity index (χ2v) is 5.62. The second kappa shape index (κ2) is 5.92. The molecule has 1 aromatic carbocycles. The lowest BCUT2D eigenvalue weighted by Gasteiger charge is -2.30. The van der Waals surface area contributed by atoms with Crippen LogP contribution >= 0.6 is 23.4 Å². The van der Waals surface area contributed by atoms with Gasteiger partial charge in [0, 0.05) is 27.8 Å². The number of ether oxygens (including phenoxy) is 1. The molecule has 1 saturated heterocycles. The Morgan fingerprint density at radius 2 is 2.38 bits per heavy atom. The van der Waals surface area contributed by atoms with Crippen molar-refractivity contribution in [3.8, 4) is 0 Å². The van der Waals surface area contributed by atoms with Crippen molar-refractivity contribution >= 4 is 23.4 Å². The average molecular weight is 258 g/mol. The van der Waals surface area contributed by atoms with Crippen LogP contribution in [0.2, 0.25) is 5.02 Å². The molecule has 1 aliphatic rings. The summed E-state index contributed by atoms with van der Waals surface area (Å²) in [5.41, 5.74) is 0. The summed E-state index contributed by atoms with van der Waals surface area (Å²) in [6.45, 7) is 1.67. The summed E-state index contributed by atoms with van der Waals surface area (Å²) < 4.78 is 5.52. The van der Waals surface area contributed by atoms with Gasteiger partial charge in [-0.05, 0) is 31.7 Å². The van der Waals surface area contributed by atoms with Crippen LogP contribution in [0.3, 0.4) is 0 Å². The molecule has 2 unspecified atom stereocenters. The van der Waals surface area contributed by atoms with Gasteiger partial charge >= 0.3 is 0 Å². The fourth-order valence-electron chi connectivity index (χ4n) is 1.87. The van der Waals surface area contributed by atoms with E-state index in [1.165, 1.54) is 4.90 Å². The summed E-state index contributed by atoms with van der Waals surface area (Å²) in [6, 6.07) is 8.52. The first-order valence-corrected chi connectivity index (χ1v) is 6.72. The van der Waals surface area contributed by atoms with E-state index in [0.29, 0.717) is 11.3 Å². The molecule has 2 nitrogen and oxygen atoms in total. The molecule has 0 amide bonds. The summed E-state index contributed by atoms with van der Waals surface area (Å²) in [7, 11) is 2.02. The van der Waals surface area contributed by atoms with Gasteiger partial charge in [0.1, 0.15) is 0 Å². The van der Waals surface area contributed by atoms with Crippen LogP contribution in [0.15, 0.2) is 29.2 Å². The lowest BCUT2D eigenvalue weighted by atomic mass is 10.1. The predicted molar refractivity (Wildman–Crippen MR) is 69.4 cm³/mol. The molecule has 0 aliphatic carbocycles. The second-order valence-electron chi connectivity index (χ2n) is 3.87. The lowest BCUT2D eigenvalue weighted by molar-refractivity contribution is 0.0851. The van der Waals surface area contributed by atoms with Crippen molar-refractivity contribution in [2.45, 2.75) is 22.6 Å². The molecule has 88 valence electrons. The Labute approximate surface area is 106 Å². The van der Waals surface area contributed by atoms with Gasteiger partial charge in [-0.25, -0.2) is 0 Å². The summed E-state index contributed by atoms with van der Waals surface area (Å²) in [6.07, 6.45) is 1.08. The maximum atomic E-state index is 5.97. The van der Waals surface area contributed by atoms with Crippen LogP contribution in [0.5, 0.6) is 0 Å². The highest BCUT2D eigenvalue weighted by molar-refractivity contribution is 8.00. The van der Waals surface area contributed by atoms with E-state index in [1.54, 1.807) is 0 Å². The highest BCUT2D eigenvalue weighted by Gasteiger charge is 2.25. The van der Waals surface area contributed by atoms with Gasteiger partial charge in [0.15, 0.2) is 0 Å². The minimum absolute atomic E-state index is 0.470. The van der Waals surface area contributed by atoms with Gasteiger partial charge in [-0.15, -0.1) is 11.8 Å². The summed E-state index contributed by atoms with van der Waals surface area (Å²) in [5.74, 6) is 0. The van der Waals surface area contributed by atoms with Crippen molar-refractivity contribution < 1.29 is 4.74 Å². The van der Waals surface area contributed by atoms with E-state index in [0.717, 1.165) is 24.7 Å². The Bertz CT molecular complexity index is 348. The zero-order valence-electron chi connectivity index (χ0n) is 9.28. The minimum atomic E-state index is 0.470. The van der Waals surface area contributed by atoms with Crippen molar-refractivity contribution in [3.05, 3.63) is 29.3 Å². The Balaban J connectivity index is 2.02. The Hall–Kier alpha value is -0.220. The highest BCUT2D eigenvalue weighted by Crippen LogP contribution is 2.30. The van der Waals surface area contributed by atoms with Crippen molar-refractivity contribution in [2.75, 3.05) is 20.3 Å². The normalized spacial score (nSPS) is 25.6. The monoisotopic (exact) mass is 257 g/mol. The summed E-state index contributed by atoms with van der Waals surface area (Å²) in [5, 5.41) is 4.62. The standard InChI is InChI=1S/C12H16ClNOS/c1-14-11-5-6-15-8-12(11)16-10-4-2-3-9(13)7-10/h2-4,7,11-12,14H,5-6,8H2,1H3. The maximum absolute atomic E-state index is 5.97. The molecule has 0 bridgehead atoms. The lowest BCUT2D eigenvalue weighted by Crippen LogP contribution is -2.43. The molecule has 1 aromatic rings. The van der Waals surface area contributed by atoms with E-state index in [-0.39, 0.29) is 0 Å². The van der Waals surface area contributed by atoms with Crippen molar-refractivity contribution in [1.82, 2.24) is 5.32 Å². The average Bonchev–Trinajstić information content (AvgIpc) is 2.30. The smallest absolute Gasteiger partial charge is 0.0603 e. The number of halogens is 1. The first-order valence-electron chi connectivity index (χ1n) is 5.47. The largest absolute Gasteiger partial charge is 0.380 e. The SMILES string of the molecule is CNC1CCOCC1Sc1cccc(Cl)c1. The summed E-state index contributed by atoms with van der Waals surface area (Å²) >= 11 is 7.81. The molecule has 0 saturated carbocycles. The first kappa shape index (κ1) is 12.2. The molecule has 4 heteroatoms. The number of benzene rings is 1. The molecule has 0 aromatic heterocycles. The van der Waals surface area contributed by atoms with E-state index in [9.17, 15) is 0 Å². The topological polar surface area (TPSA) is 21.3 Å². The van der Waals surface area contributed by atoms with Crippen molar-refractivity contribution in [1.29, 1.82) is 0 Å². The first-order chi connectivity index (χ1) is 7.79. The number of hydrogen-bond acceptors (Lipinski definition) is 3. The third-order valence-electron chi connectivity index (χ3n) is 2.76. The molecule has 1 N–H and O–H groups in total. The fourth-order valence-corrected chi connectivity index (χ4v) is 3.43. The van der Waals surface area contributed by atoms with E-state index >= 15 is 0 Å². The van der Waals surface area contributed by atoms with Crippen LogP contribution in [0.1, 0.15) is 6.42 Å². The van der Waals surface area contributed by atoms with Crippen molar-refractivity contribution in [3.63, 3.8) is 0 Å². The Morgan fingerprint density at radius 1 is 1.50 bits per heavy atom. The minimum Gasteiger partial charge on any atom is -0.380 e. The van der Waals surface area contributed by atoms with E-state index < -0.39 is 0 Å². The zero-order valence-corrected chi connectivity index (χ0v) is 10.9. The van der Waals surface area contributed by atoms with Crippen LogP contribution in [0, 0.1) is 0 Å². The van der Waals surface area contributed by atoms with E-state index in [4.69, 9.17) is 16.3 Å². The molecule has 1 heterocycles. The van der Waals surface area contributed by atoms with Gasteiger partial charge < -0.3 is 10.1 Å². The van der Waals surface area contributed by atoms with Crippen LogP contribution < -0.4 is 5.32 Å².